The van der Waals surface area contributed by atoms with E-state index >= 15 is 0 Å². The van der Waals surface area contributed by atoms with E-state index in [2.05, 4.69) is 43.9 Å². The van der Waals surface area contributed by atoms with Gasteiger partial charge >= 0.3 is 0 Å². The average molecular weight is 267 g/mol. The van der Waals surface area contributed by atoms with E-state index in [9.17, 15) is 0 Å². The quantitative estimate of drug-likeness (QED) is 0.818. The molecule has 1 fully saturated rings. The Labute approximate surface area is 115 Å². The highest BCUT2D eigenvalue weighted by Crippen LogP contribution is 2.30. The summed E-state index contributed by atoms with van der Waals surface area (Å²) in [6, 6.07) is 0. The molecular weight excluding hydrogens is 242 g/mol. The zero-order chi connectivity index (χ0) is 13.3. The van der Waals surface area contributed by atoms with Gasteiger partial charge < -0.3 is 4.90 Å². The van der Waals surface area contributed by atoms with Gasteiger partial charge in [-0.2, -0.15) is 4.37 Å². The normalized spacial score (nSPS) is 18.7. The molecule has 0 saturated carbocycles. The van der Waals surface area contributed by atoms with Crippen LogP contribution in [-0.2, 0) is 5.41 Å². The lowest BCUT2D eigenvalue weighted by Gasteiger charge is -2.33. The van der Waals surface area contributed by atoms with Crippen LogP contribution in [-0.4, -0.2) is 22.4 Å². The predicted octanol–water partition coefficient (Wildman–Crippen LogP) is 3.71. The largest absolute Gasteiger partial charge is 0.347 e. The molecule has 1 aliphatic rings. The number of aromatic nitrogens is 2. The van der Waals surface area contributed by atoms with Gasteiger partial charge in [0.05, 0.1) is 0 Å². The molecule has 0 aliphatic carbocycles. The maximum atomic E-state index is 4.71. The molecule has 18 heavy (non-hydrogen) atoms. The summed E-state index contributed by atoms with van der Waals surface area (Å²) in [5.41, 5.74) is 0.0605. The van der Waals surface area contributed by atoms with Crippen molar-refractivity contribution in [1.82, 2.24) is 9.36 Å². The van der Waals surface area contributed by atoms with Crippen molar-refractivity contribution in [2.75, 3.05) is 18.0 Å². The van der Waals surface area contributed by atoms with Crippen molar-refractivity contribution in [2.24, 2.45) is 11.8 Å². The van der Waals surface area contributed by atoms with Crippen molar-refractivity contribution in [3.05, 3.63) is 5.82 Å². The van der Waals surface area contributed by atoms with E-state index in [1.807, 2.05) is 0 Å². The number of anilines is 1. The van der Waals surface area contributed by atoms with E-state index in [-0.39, 0.29) is 5.41 Å². The second-order valence-electron chi connectivity index (χ2n) is 6.72. The van der Waals surface area contributed by atoms with Gasteiger partial charge in [0.15, 0.2) is 0 Å². The minimum atomic E-state index is 0.0605. The van der Waals surface area contributed by atoms with Crippen molar-refractivity contribution in [1.29, 1.82) is 0 Å². The third-order valence-corrected chi connectivity index (χ3v) is 4.62. The molecule has 0 aromatic carbocycles. The van der Waals surface area contributed by atoms with Crippen LogP contribution in [0.5, 0.6) is 0 Å². The second kappa shape index (κ2) is 5.16. The van der Waals surface area contributed by atoms with Crippen molar-refractivity contribution in [2.45, 2.75) is 52.9 Å². The highest BCUT2D eigenvalue weighted by atomic mass is 32.1. The van der Waals surface area contributed by atoms with Crippen LogP contribution < -0.4 is 4.90 Å². The summed E-state index contributed by atoms with van der Waals surface area (Å²) in [4.78, 5) is 7.12. The van der Waals surface area contributed by atoms with E-state index in [1.165, 1.54) is 12.8 Å². The van der Waals surface area contributed by atoms with Gasteiger partial charge in [-0.15, -0.1) is 0 Å². The Hall–Kier alpha value is -0.640. The van der Waals surface area contributed by atoms with Gasteiger partial charge in [0.25, 0.3) is 0 Å². The Morgan fingerprint density at radius 3 is 2.28 bits per heavy atom. The molecule has 2 heterocycles. The van der Waals surface area contributed by atoms with Gasteiger partial charge in [0.2, 0.25) is 5.13 Å². The molecule has 1 aromatic rings. The monoisotopic (exact) mass is 267 g/mol. The summed E-state index contributed by atoms with van der Waals surface area (Å²) in [5.74, 6) is 2.68. The molecule has 0 amide bonds. The summed E-state index contributed by atoms with van der Waals surface area (Å²) in [6.07, 6.45) is 2.59. The van der Waals surface area contributed by atoms with Crippen molar-refractivity contribution in [3.63, 3.8) is 0 Å². The fourth-order valence-corrected chi connectivity index (χ4v) is 3.31. The molecule has 4 heteroatoms. The van der Waals surface area contributed by atoms with Crippen LogP contribution in [0.2, 0.25) is 0 Å². The molecule has 0 N–H and O–H groups in total. The number of hydrogen-bond acceptors (Lipinski definition) is 4. The molecule has 1 aliphatic heterocycles. The molecule has 1 saturated heterocycles. The molecule has 2 rings (SSSR count). The van der Waals surface area contributed by atoms with Gasteiger partial charge in [-0.25, -0.2) is 4.98 Å². The number of rotatable bonds is 2. The maximum absolute atomic E-state index is 4.71. The van der Waals surface area contributed by atoms with Crippen LogP contribution in [0.25, 0.3) is 0 Å². The Kier molecular flexibility index (Phi) is 3.95. The Bertz CT molecular complexity index is 384. The van der Waals surface area contributed by atoms with E-state index in [4.69, 9.17) is 4.98 Å². The SMILES string of the molecule is CC(C)C1CCN(c2nc(C(C)(C)C)ns2)CC1. The fraction of sp³-hybridized carbons (Fsp3) is 0.857. The summed E-state index contributed by atoms with van der Waals surface area (Å²) in [7, 11) is 0. The highest BCUT2D eigenvalue weighted by molar-refractivity contribution is 7.09. The molecule has 0 atom stereocenters. The Balaban J connectivity index is 2.00. The zero-order valence-corrected chi connectivity index (χ0v) is 13.0. The first-order valence-corrected chi connectivity index (χ1v) is 7.74. The molecule has 0 unspecified atom stereocenters. The van der Waals surface area contributed by atoms with Gasteiger partial charge in [-0.3, -0.25) is 0 Å². The van der Waals surface area contributed by atoms with Crippen molar-refractivity contribution in [3.8, 4) is 0 Å². The number of hydrogen-bond donors (Lipinski definition) is 0. The third-order valence-electron chi connectivity index (χ3n) is 3.84. The lowest BCUT2D eigenvalue weighted by Crippen LogP contribution is -2.35. The van der Waals surface area contributed by atoms with Crippen LogP contribution in [0.3, 0.4) is 0 Å². The first kappa shape index (κ1) is 13.8. The molecule has 3 nitrogen and oxygen atoms in total. The van der Waals surface area contributed by atoms with Crippen LogP contribution in [0.15, 0.2) is 0 Å². The van der Waals surface area contributed by atoms with Gasteiger partial charge in [0, 0.05) is 30.0 Å². The van der Waals surface area contributed by atoms with Crippen LogP contribution in [0.4, 0.5) is 5.13 Å². The fourth-order valence-electron chi connectivity index (χ4n) is 2.41. The summed E-state index contributed by atoms with van der Waals surface area (Å²) >= 11 is 1.56. The van der Waals surface area contributed by atoms with Gasteiger partial charge in [-0.05, 0) is 24.7 Å². The summed E-state index contributed by atoms with van der Waals surface area (Å²) in [5, 5.41) is 1.11. The van der Waals surface area contributed by atoms with E-state index in [0.717, 1.165) is 35.9 Å². The van der Waals surface area contributed by atoms with Crippen molar-refractivity contribution < 1.29 is 0 Å². The summed E-state index contributed by atoms with van der Waals surface area (Å²) < 4.78 is 4.51. The smallest absolute Gasteiger partial charge is 0.205 e. The third kappa shape index (κ3) is 3.02. The molecule has 1 aromatic heterocycles. The summed E-state index contributed by atoms with van der Waals surface area (Å²) in [6.45, 7) is 13.5. The lowest BCUT2D eigenvalue weighted by molar-refractivity contribution is 0.311. The van der Waals surface area contributed by atoms with Crippen molar-refractivity contribution >= 4 is 16.7 Å². The minimum absolute atomic E-state index is 0.0605. The van der Waals surface area contributed by atoms with E-state index in [0.29, 0.717) is 0 Å². The zero-order valence-electron chi connectivity index (χ0n) is 12.2. The minimum Gasteiger partial charge on any atom is -0.347 e. The first-order chi connectivity index (χ1) is 8.38. The van der Waals surface area contributed by atoms with Gasteiger partial charge in [0.1, 0.15) is 5.82 Å². The lowest BCUT2D eigenvalue weighted by atomic mass is 9.87. The standard InChI is InChI=1S/C14H25N3S/c1-10(2)11-6-8-17(9-7-11)13-15-12(16-18-13)14(3,4)5/h10-11H,6-9H2,1-5H3. The van der Waals surface area contributed by atoms with Crippen LogP contribution in [0, 0.1) is 11.8 Å². The van der Waals surface area contributed by atoms with E-state index < -0.39 is 0 Å². The maximum Gasteiger partial charge on any atom is 0.205 e. The van der Waals surface area contributed by atoms with Gasteiger partial charge in [-0.1, -0.05) is 34.6 Å². The Morgan fingerprint density at radius 1 is 1.22 bits per heavy atom. The molecule has 0 radical (unpaired) electrons. The van der Waals surface area contributed by atoms with Crippen LogP contribution in [0.1, 0.15) is 53.3 Å². The average Bonchev–Trinajstić information content (AvgIpc) is 2.78. The van der Waals surface area contributed by atoms with E-state index in [1.54, 1.807) is 11.5 Å². The van der Waals surface area contributed by atoms with Crippen LogP contribution >= 0.6 is 11.5 Å². The Morgan fingerprint density at radius 2 is 1.83 bits per heavy atom. The molecular formula is C14H25N3S. The number of nitrogens with zero attached hydrogens (tertiary/aromatic N) is 3. The number of piperidine rings is 1. The second-order valence-corrected chi connectivity index (χ2v) is 7.45. The molecule has 102 valence electrons. The molecule has 0 bridgehead atoms. The highest BCUT2D eigenvalue weighted by Gasteiger charge is 2.25. The molecule has 0 spiro atoms. The topological polar surface area (TPSA) is 29.0 Å². The first-order valence-electron chi connectivity index (χ1n) is 6.97. The predicted molar refractivity (Wildman–Crippen MR) is 78.4 cm³/mol.